The Hall–Kier alpha value is -2.17. The summed E-state index contributed by atoms with van der Waals surface area (Å²) in [5.41, 5.74) is 3.06. The molecule has 0 aliphatic carbocycles. The SMILES string of the molecule is Cc1nc(-c2cccnc2)c2n1CC(C(=O)O)CC2. The maximum absolute atomic E-state index is 11.1. The van der Waals surface area contributed by atoms with Crippen molar-refractivity contribution in [3.8, 4) is 11.3 Å². The highest BCUT2D eigenvalue weighted by Gasteiger charge is 2.28. The van der Waals surface area contributed by atoms with Crippen LogP contribution in [0.1, 0.15) is 17.9 Å². The molecule has 0 fully saturated rings. The number of fused-ring (bicyclic) bond motifs is 1. The molecule has 1 atom stereocenters. The minimum absolute atomic E-state index is 0.304. The smallest absolute Gasteiger partial charge is 0.308 e. The van der Waals surface area contributed by atoms with Gasteiger partial charge in [0.15, 0.2) is 0 Å². The third kappa shape index (κ3) is 2.01. The fourth-order valence-corrected chi connectivity index (χ4v) is 2.66. The molecule has 1 aliphatic rings. The van der Waals surface area contributed by atoms with Crippen LogP contribution in [-0.4, -0.2) is 25.6 Å². The fourth-order valence-electron chi connectivity index (χ4n) is 2.66. The lowest BCUT2D eigenvalue weighted by atomic mass is 9.96. The zero-order chi connectivity index (χ0) is 13.4. The van der Waals surface area contributed by atoms with E-state index in [1.165, 1.54) is 0 Å². The Balaban J connectivity index is 2.03. The predicted molar refractivity (Wildman–Crippen MR) is 69.6 cm³/mol. The molecule has 0 radical (unpaired) electrons. The van der Waals surface area contributed by atoms with Gasteiger partial charge < -0.3 is 9.67 Å². The molecule has 1 unspecified atom stereocenters. The van der Waals surface area contributed by atoms with Crippen LogP contribution in [0.25, 0.3) is 11.3 Å². The molecule has 3 rings (SSSR count). The van der Waals surface area contributed by atoms with E-state index in [9.17, 15) is 4.79 Å². The molecule has 1 N–H and O–H groups in total. The Morgan fingerprint density at radius 2 is 2.37 bits per heavy atom. The topological polar surface area (TPSA) is 68.0 Å². The van der Waals surface area contributed by atoms with Crippen LogP contribution in [0, 0.1) is 12.8 Å². The highest BCUT2D eigenvalue weighted by atomic mass is 16.4. The molecule has 3 heterocycles. The lowest BCUT2D eigenvalue weighted by molar-refractivity contribution is -0.142. The van der Waals surface area contributed by atoms with E-state index in [2.05, 4.69) is 9.97 Å². The van der Waals surface area contributed by atoms with Crippen LogP contribution in [0.2, 0.25) is 0 Å². The van der Waals surface area contributed by atoms with Crippen LogP contribution in [0.5, 0.6) is 0 Å². The Labute approximate surface area is 110 Å². The lowest BCUT2D eigenvalue weighted by Crippen LogP contribution is -2.27. The number of hydrogen-bond acceptors (Lipinski definition) is 3. The number of carboxylic acids is 1. The monoisotopic (exact) mass is 257 g/mol. The van der Waals surface area contributed by atoms with Gasteiger partial charge in [0.2, 0.25) is 0 Å². The van der Waals surface area contributed by atoms with Crippen molar-refractivity contribution < 1.29 is 9.90 Å². The van der Waals surface area contributed by atoms with E-state index in [-0.39, 0.29) is 5.92 Å². The first-order valence-electron chi connectivity index (χ1n) is 6.36. The number of rotatable bonds is 2. The maximum Gasteiger partial charge on any atom is 0.308 e. The van der Waals surface area contributed by atoms with Crippen molar-refractivity contribution in [2.45, 2.75) is 26.3 Å². The number of aryl methyl sites for hydroxylation is 1. The number of pyridine rings is 1. The van der Waals surface area contributed by atoms with Crippen molar-refractivity contribution in [2.75, 3.05) is 0 Å². The molecular formula is C14H15N3O2. The number of carboxylic acid groups (broad SMARTS) is 1. The summed E-state index contributed by atoms with van der Waals surface area (Å²) < 4.78 is 2.03. The van der Waals surface area contributed by atoms with E-state index in [0.717, 1.165) is 29.2 Å². The Kier molecular flexibility index (Phi) is 2.81. The number of aromatic nitrogens is 3. The van der Waals surface area contributed by atoms with Crippen molar-refractivity contribution in [3.63, 3.8) is 0 Å². The molecule has 5 nitrogen and oxygen atoms in total. The minimum Gasteiger partial charge on any atom is -0.481 e. The van der Waals surface area contributed by atoms with Crippen molar-refractivity contribution >= 4 is 5.97 Å². The van der Waals surface area contributed by atoms with Crippen LogP contribution in [0.15, 0.2) is 24.5 Å². The summed E-state index contributed by atoms with van der Waals surface area (Å²) in [4.78, 5) is 19.8. The lowest BCUT2D eigenvalue weighted by Gasteiger charge is -2.22. The number of aliphatic carboxylic acids is 1. The van der Waals surface area contributed by atoms with Crippen LogP contribution < -0.4 is 0 Å². The summed E-state index contributed by atoms with van der Waals surface area (Å²) in [6.45, 7) is 2.44. The van der Waals surface area contributed by atoms with Crippen molar-refractivity contribution in [2.24, 2.45) is 5.92 Å². The van der Waals surface area contributed by atoms with E-state index in [1.807, 2.05) is 23.6 Å². The number of imidazole rings is 1. The molecule has 19 heavy (non-hydrogen) atoms. The van der Waals surface area contributed by atoms with E-state index in [1.54, 1.807) is 12.4 Å². The molecule has 0 saturated carbocycles. The van der Waals surface area contributed by atoms with E-state index in [4.69, 9.17) is 5.11 Å². The molecular weight excluding hydrogens is 242 g/mol. The summed E-state index contributed by atoms with van der Waals surface area (Å²) in [5, 5.41) is 9.13. The van der Waals surface area contributed by atoms with Gasteiger partial charge in [-0.15, -0.1) is 0 Å². The van der Waals surface area contributed by atoms with Gasteiger partial charge in [-0.05, 0) is 31.9 Å². The van der Waals surface area contributed by atoms with Gasteiger partial charge >= 0.3 is 5.97 Å². The van der Waals surface area contributed by atoms with Gasteiger partial charge in [-0.2, -0.15) is 0 Å². The minimum atomic E-state index is -0.721. The summed E-state index contributed by atoms with van der Waals surface area (Å²) in [5.74, 6) is -0.149. The normalized spacial score (nSPS) is 18.1. The zero-order valence-electron chi connectivity index (χ0n) is 10.7. The van der Waals surface area contributed by atoms with E-state index < -0.39 is 5.97 Å². The number of nitrogens with zero attached hydrogens (tertiary/aromatic N) is 3. The molecule has 0 aromatic carbocycles. The first kappa shape index (κ1) is 11.9. The van der Waals surface area contributed by atoms with Crippen molar-refractivity contribution in [3.05, 3.63) is 36.0 Å². The molecule has 1 aliphatic heterocycles. The third-order valence-corrected chi connectivity index (χ3v) is 3.68. The predicted octanol–water partition coefficient (Wildman–Crippen LogP) is 1.90. The van der Waals surface area contributed by atoms with Gasteiger partial charge in [0.05, 0.1) is 11.6 Å². The third-order valence-electron chi connectivity index (χ3n) is 3.68. The van der Waals surface area contributed by atoms with Crippen LogP contribution in [-0.2, 0) is 17.8 Å². The van der Waals surface area contributed by atoms with Gasteiger partial charge in [0.25, 0.3) is 0 Å². The largest absolute Gasteiger partial charge is 0.481 e. The summed E-state index contributed by atoms with van der Waals surface area (Å²) in [6, 6.07) is 3.87. The van der Waals surface area contributed by atoms with Crippen molar-refractivity contribution in [1.82, 2.24) is 14.5 Å². The fraction of sp³-hybridized carbons (Fsp3) is 0.357. The van der Waals surface area contributed by atoms with Gasteiger partial charge in [0, 0.05) is 30.2 Å². The first-order valence-corrected chi connectivity index (χ1v) is 6.36. The van der Waals surface area contributed by atoms with Gasteiger partial charge in [-0.25, -0.2) is 4.98 Å². The highest BCUT2D eigenvalue weighted by molar-refractivity contribution is 5.70. The summed E-state index contributed by atoms with van der Waals surface area (Å²) in [7, 11) is 0. The van der Waals surface area contributed by atoms with Crippen molar-refractivity contribution in [1.29, 1.82) is 0 Å². The summed E-state index contributed by atoms with van der Waals surface area (Å²) >= 11 is 0. The maximum atomic E-state index is 11.1. The van der Waals surface area contributed by atoms with E-state index in [0.29, 0.717) is 13.0 Å². The molecule has 0 spiro atoms. The second-order valence-corrected chi connectivity index (χ2v) is 4.88. The molecule has 0 amide bonds. The van der Waals surface area contributed by atoms with Crippen LogP contribution >= 0.6 is 0 Å². The second-order valence-electron chi connectivity index (χ2n) is 4.88. The molecule has 98 valence electrons. The van der Waals surface area contributed by atoms with Gasteiger partial charge in [-0.1, -0.05) is 0 Å². The molecule has 2 aromatic heterocycles. The summed E-state index contributed by atoms with van der Waals surface area (Å²) in [6.07, 6.45) is 4.96. The Morgan fingerprint density at radius 1 is 1.53 bits per heavy atom. The zero-order valence-corrected chi connectivity index (χ0v) is 10.7. The Morgan fingerprint density at radius 3 is 3.05 bits per heavy atom. The standard InChI is InChI=1S/C14H15N3O2/c1-9-16-13(10-3-2-6-15-7-10)12-5-4-11(14(18)19)8-17(9)12/h2-3,6-7,11H,4-5,8H2,1H3,(H,18,19). The number of carbonyl (C=O) groups is 1. The van der Waals surface area contributed by atoms with Gasteiger partial charge in [0.1, 0.15) is 5.82 Å². The van der Waals surface area contributed by atoms with E-state index >= 15 is 0 Å². The average Bonchev–Trinajstić information content (AvgIpc) is 2.77. The molecule has 0 saturated heterocycles. The first-order chi connectivity index (χ1) is 9.16. The average molecular weight is 257 g/mol. The quantitative estimate of drug-likeness (QED) is 0.892. The highest BCUT2D eigenvalue weighted by Crippen LogP contribution is 2.30. The molecule has 2 aromatic rings. The van der Waals surface area contributed by atoms with Crippen LogP contribution in [0.4, 0.5) is 0 Å². The molecule has 0 bridgehead atoms. The van der Waals surface area contributed by atoms with Gasteiger partial charge in [-0.3, -0.25) is 9.78 Å². The second kappa shape index (κ2) is 4.50. The Bertz CT molecular complexity index is 619. The number of hydrogen-bond donors (Lipinski definition) is 1. The van der Waals surface area contributed by atoms with Crippen LogP contribution in [0.3, 0.4) is 0 Å². The molecule has 5 heteroatoms.